The van der Waals surface area contributed by atoms with Gasteiger partial charge in [-0.15, -0.1) is 10.2 Å². The number of carbonyl (C=O) groups is 1. The number of nitrogens with one attached hydrogen (secondary N) is 1. The standard InChI is InChI=1S/C17H23N5O2/c1-2-18-15(23)12-21-8-10-22(11-9-21)13-16-19-20-17(24-16)14-6-4-3-5-7-14/h3-7H,2,8-13H2,1H3,(H,18,23). The minimum atomic E-state index is 0.0929. The fraction of sp³-hybridized carbons (Fsp3) is 0.471. The normalized spacial score (nSPS) is 16.2. The molecule has 2 heterocycles. The third-order valence-electron chi connectivity index (χ3n) is 4.05. The maximum atomic E-state index is 11.6. The predicted molar refractivity (Wildman–Crippen MR) is 90.1 cm³/mol. The third kappa shape index (κ3) is 4.39. The highest BCUT2D eigenvalue weighted by molar-refractivity contribution is 5.77. The van der Waals surface area contributed by atoms with Crippen LogP contribution in [0.15, 0.2) is 34.7 Å². The molecule has 7 heteroatoms. The van der Waals surface area contributed by atoms with Gasteiger partial charge in [-0.05, 0) is 19.1 Å². The number of carbonyl (C=O) groups excluding carboxylic acids is 1. The van der Waals surface area contributed by atoms with Crippen LogP contribution in [0.25, 0.3) is 11.5 Å². The second-order valence-corrected chi connectivity index (χ2v) is 5.87. The zero-order valence-electron chi connectivity index (χ0n) is 13.9. The van der Waals surface area contributed by atoms with Crippen molar-refractivity contribution in [1.29, 1.82) is 0 Å². The highest BCUT2D eigenvalue weighted by Gasteiger charge is 2.20. The number of amides is 1. The van der Waals surface area contributed by atoms with Crippen molar-refractivity contribution in [1.82, 2.24) is 25.3 Å². The van der Waals surface area contributed by atoms with Gasteiger partial charge in [-0.25, -0.2) is 0 Å². The van der Waals surface area contributed by atoms with Crippen molar-refractivity contribution in [2.45, 2.75) is 13.5 Å². The van der Waals surface area contributed by atoms with Crippen molar-refractivity contribution in [3.8, 4) is 11.5 Å². The van der Waals surface area contributed by atoms with E-state index in [-0.39, 0.29) is 5.91 Å². The number of hydrogen-bond donors (Lipinski definition) is 1. The summed E-state index contributed by atoms with van der Waals surface area (Å²) in [4.78, 5) is 16.1. The lowest BCUT2D eigenvalue weighted by molar-refractivity contribution is -0.122. The molecule has 1 aromatic heterocycles. The van der Waals surface area contributed by atoms with Gasteiger partial charge in [-0.2, -0.15) is 0 Å². The molecule has 1 aliphatic rings. The summed E-state index contributed by atoms with van der Waals surface area (Å²) < 4.78 is 5.75. The second kappa shape index (κ2) is 8.03. The van der Waals surface area contributed by atoms with Crippen LogP contribution in [0.4, 0.5) is 0 Å². The lowest BCUT2D eigenvalue weighted by Crippen LogP contribution is -2.49. The first-order chi connectivity index (χ1) is 11.7. The van der Waals surface area contributed by atoms with Crippen molar-refractivity contribution in [3.63, 3.8) is 0 Å². The zero-order valence-corrected chi connectivity index (χ0v) is 13.9. The number of likely N-dealkylation sites (N-methyl/N-ethyl adjacent to an activating group) is 1. The first kappa shape index (κ1) is 16.6. The van der Waals surface area contributed by atoms with Crippen LogP contribution >= 0.6 is 0 Å². The van der Waals surface area contributed by atoms with Crippen LogP contribution in [0.3, 0.4) is 0 Å². The van der Waals surface area contributed by atoms with Gasteiger partial charge in [0, 0.05) is 38.3 Å². The number of aromatic nitrogens is 2. The summed E-state index contributed by atoms with van der Waals surface area (Å²) in [5.74, 6) is 1.28. The molecule has 3 rings (SSSR count). The minimum absolute atomic E-state index is 0.0929. The van der Waals surface area contributed by atoms with Crippen molar-refractivity contribution in [3.05, 3.63) is 36.2 Å². The Balaban J connectivity index is 1.48. The Morgan fingerprint density at radius 1 is 1.12 bits per heavy atom. The number of hydrogen-bond acceptors (Lipinski definition) is 6. The highest BCUT2D eigenvalue weighted by Crippen LogP contribution is 2.18. The Kier molecular flexibility index (Phi) is 5.55. The summed E-state index contributed by atoms with van der Waals surface area (Å²) in [6, 6.07) is 9.77. The number of rotatable bonds is 6. The molecule has 0 radical (unpaired) electrons. The molecule has 0 aliphatic carbocycles. The zero-order chi connectivity index (χ0) is 16.8. The van der Waals surface area contributed by atoms with E-state index in [0.717, 1.165) is 31.7 Å². The van der Waals surface area contributed by atoms with Crippen molar-refractivity contribution in [2.24, 2.45) is 0 Å². The molecule has 128 valence electrons. The molecule has 1 amide bonds. The summed E-state index contributed by atoms with van der Waals surface area (Å²) in [6.45, 7) is 7.26. The van der Waals surface area contributed by atoms with Gasteiger partial charge in [-0.1, -0.05) is 18.2 Å². The summed E-state index contributed by atoms with van der Waals surface area (Å²) in [7, 11) is 0. The summed E-state index contributed by atoms with van der Waals surface area (Å²) >= 11 is 0. The molecular formula is C17H23N5O2. The fourth-order valence-electron chi connectivity index (χ4n) is 2.77. The Morgan fingerprint density at radius 3 is 2.54 bits per heavy atom. The maximum Gasteiger partial charge on any atom is 0.247 e. The Hall–Kier alpha value is -2.25. The van der Waals surface area contributed by atoms with E-state index in [1.165, 1.54) is 0 Å². The highest BCUT2D eigenvalue weighted by atomic mass is 16.4. The topological polar surface area (TPSA) is 74.5 Å². The largest absolute Gasteiger partial charge is 0.419 e. The summed E-state index contributed by atoms with van der Waals surface area (Å²) in [6.07, 6.45) is 0. The second-order valence-electron chi connectivity index (χ2n) is 5.87. The van der Waals surface area contributed by atoms with Crippen LogP contribution in [-0.2, 0) is 11.3 Å². The third-order valence-corrected chi connectivity index (χ3v) is 4.05. The molecule has 1 fully saturated rings. The molecule has 7 nitrogen and oxygen atoms in total. The van der Waals surface area contributed by atoms with Crippen LogP contribution in [-0.4, -0.2) is 65.2 Å². The fourth-order valence-corrected chi connectivity index (χ4v) is 2.77. The van der Waals surface area contributed by atoms with E-state index < -0.39 is 0 Å². The molecule has 0 unspecified atom stereocenters. The summed E-state index contributed by atoms with van der Waals surface area (Å²) in [5, 5.41) is 11.1. The average molecular weight is 329 g/mol. The quantitative estimate of drug-likeness (QED) is 0.852. The van der Waals surface area contributed by atoms with E-state index in [2.05, 4.69) is 25.3 Å². The molecule has 1 saturated heterocycles. The Labute approximate surface area is 141 Å². The van der Waals surface area contributed by atoms with Crippen LogP contribution < -0.4 is 5.32 Å². The first-order valence-electron chi connectivity index (χ1n) is 8.34. The first-order valence-corrected chi connectivity index (χ1v) is 8.34. The molecule has 0 atom stereocenters. The molecule has 1 aliphatic heterocycles. The van der Waals surface area contributed by atoms with Gasteiger partial charge in [0.05, 0.1) is 13.1 Å². The Bertz CT molecular complexity index is 650. The van der Waals surface area contributed by atoms with Gasteiger partial charge in [0.25, 0.3) is 0 Å². The van der Waals surface area contributed by atoms with E-state index in [1.807, 2.05) is 37.3 Å². The predicted octanol–water partition coefficient (Wildman–Crippen LogP) is 0.990. The van der Waals surface area contributed by atoms with Crippen molar-refractivity contribution in [2.75, 3.05) is 39.3 Å². The monoisotopic (exact) mass is 329 g/mol. The molecule has 0 bridgehead atoms. The molecule has 0 spiro atoms. The van der Waals surface area contributed by atoms with Gasteiger partial charge >= 0.3 is 0 Å². The number of nitrogens with zero attached hydrogens (tertiary/aromatic N) is 4. The molecule has 2 aromatic rings. The Morgan fingerprint density at radius 2 is 1.83 bits per heavy atom. The van der Waals surface area contributed by atoms with Crippen LogP contribution in [0.2, 0.25) is 0 Å². The molecule has 1 N–H and O–H groups in total. The molecule has 24 heavy (non-hydrogen) atoms. The van der Waals surface area contributed by atoms with Gasteiger partial charge in [-0.3, -0.25) is 14.6 Å². The number of piperazine rings is 1. The lowest BCUT2D eigenvalue weighted by atomic mass is 10.2. The van der Waals surface area contributed by atoms with E-state index in [4.69, 9.17) is 4.42 Å². The lowest BCUT2D eigenvalue weighted by Gasteiger charge is -2.33. The van der Waals surface area contributed by atoms with Gasteiger partial charge in [0.1, 0.15) is 0 Å². The van der Waals surface area contributed by atoms with E-state index in [9.17, 15) is 4.79 Å². The molecular weight excluding hydrogens is 306 g/mol. The minimum Gasteiger partial charge on any atom is -0.419 e. The molecule has 0 saturated carbocycles. The smallest absolute Gasteiger partial charge is 0.247 e. The maximum absolute atomic E-state index is 11.6. The van der Waals surface area contributed by atoms with Gasteiger partial charge < -0.3 is 9.73 Å². The van der Waals surface area contributed by atoms with E-state index >= 15 is 0 Å². The van der Waals surface area contributed by atoms with Crippen LogP contribution in [0.5, 0.6) is 0 Å². The molecule has 1 aromatic carbocycles. The van der Waals surface area contributed by atoms with E-state index in [0.29, 0.717) is 31.4 Å². The van der Waals surface area contributed by atoms with Crippen LogP contribution in [0.1, 0.15) is 12.8 Å². The van der Waals surface area contributed by atoms with Crippen LogP contribution in [0, 0.1) is 0 Å². The van der Waals surface area contributed by atoms with Crippen molar-refractivity contribution >= 4 is 5.91 Å². The van der Waals surface area contributed by atoms with Crippen molar-refractivity contribution < 1.29 is 9.21 Å². The SMILES string of the molecule is CCNC(=O)CN1CCN(Cc2nnc(-c3ccccc3)o2)CC1. The van der Waals surface area contributed by atoms with Gasteiger partial charge in [0.2, 0.25) is 17.7 Å². The van der Waals surface area contributed by atoms with E-state index in [1.54, 1.807) is 0 Å². The number of benzene rings is 1. The average Bonchev–Trinajstić information content (AvgIpc) is 3.06. The summed E-state index contributed by atoms with van der Waals surface area (Å²) in [5.41, 5.74) is 0.933. The van der Waals surface area contributed by atoms with Gasteiger partial charge in [0.15, 0.2) is 0 Å².